The Bertz CT molecular complexity index is 721. The van der Waals surface area contributed by atoms with Gasteiger partial charge >= 0.3 is 0 Å². The Kier molecular flexibility index (Phi) is 4.14. The molecule has 0 saturated carbocycles. The van der Waals surface area contributed by atoms with Crippen LogP contribution in [0.3, 0.4) is 0 Å². The summed E-state index contributed by atoms with van der Waals surface area (Å²) in [7, 11) is 0. The smallest absolute Gasteiger partial charge is 0.252 e. The van der Waals surface area contributed by atoms with Gasteiger partial charge in [0.1, 0.15) is 0 Å². The van der Waals surface area contributed by atoms with E-state index < -0.39 is 0 Å². The Morgan fingerprint density at radius 3 is 2.86 bits per heavy atom. The molecule has 3 rings (SSSR count). The van der Waals surface area contributed by atoms with Crippen LogP contribution in [-0.4, -0.2) is 16.9 Å². The molecule has 3 nitrogen and oxygen atoms in total. The number of nitrogens with zero attached hydrogens (tertiary/aromatic N) is 1. The van der Waals surface area contributed by atoms with Gasteiger partial charge < -0.3 is 5.32 Å². The highest BCUT2D eigenvalue weighted by atomic mass is 16.1. The van der Waals surface area contributed by atoms with E-state index in [0.29, 0.717) is 0 Å². The van der Waals surface area contributed by atoms with Gasteiger partial charge in [-0.15, -0.1) is 0 Å². The lowest BCUT2D eigenvalue weighted by molar-refractivity contribution is 0.0939. The number of rotatable bonds is 3. The van der Waals surface area contributed by atoms with Gasteiger partial charge in [-0.2, -0.15) is 0 Å². The van der Waals surface area contributed by atoms with E-state index in [9.17, 15) is 4.79 Å². The van der Waals surface area contributed by atoms with Gasteiger partial charge in [-0.3, -0.25) is 9.78 Å². The normalized spacial score (nSPS) is 15.4. The van der Waals surface area contributed by atoms with Gasteiger partial charge in [-0.25, -0.2) is 0 Å². The Hall–Kier alpha value is -1.90. The molecule has 0 radical (unpaired) electrons. The van der Waals surface area contributed by atoms with Crippen LogP contribution in [0.4, 0.5) is 0 Å². The molecule has 0 bridgehead atoms. The Morgan fingerprint density at radius 1 is 1.32 bits per heavy atom. The third-order valence-electron chi connectivity index (χ3n) is 4.63. The molecule has 1 aromatic carbocycles. The average molecular weight is 296 g/mol. The van der Waals surface area contributed by atoms with Crippen molar-refractivity contribution in [2.45, 2.75) is 58.9 Å². The van der Waals surface area contributed by atoms with Crippen LogP contribution >= 0.6 is 0 Å². The van der Waals surface area contributed by atoms with Crippen LogP contribution in [0.2, 0.25) is 0 Å². The highest BCUT2D eigenvalue weighted by Gasteiger charge is 2.23. The number of amides is 1. The zero-order chi connectivity index (χ0) is 15.7. The molecule has 1 atom stereocenters. The van der Waals surface area contributed by atoms with Gasteiger partial charge in [0.05, 0.1) is 11.1 Å². The third kappa shape index (κ3) is 2.72. The third-order valence-corrected chi connectivity index (χ3v) is 4.63. The Balaban J connectivity index is 2.19. The molecular weight excluding hydrogens is 272 g/mol. The van der Waals surface area contributed by atoms with Crippen molar-refractivity contribution >= 4 is 16.8 Å². The number of aryl methyl sites for hydroxylation is 2. The van der Waals surface area contributed by atoms with E-state index in [0.717, 1.165) is 47.8 Å². The zero-order valence-corrected chi connectivity index (χ0v) is 13.7. The van der Waals surface area contributed by atoms with E-state index in [1.807, 2.05) is 6.07 Å². The minimum absolute atomic E-state index is 0.0606. The second kappa shape index (κ2) is 6.07. The van der Waals surface area contributed by atoms with Crippen LogP contribution < -0.4 is 5.32 Å². The second-order valence-corrected chi connectivity index (χ2v) is 6.42. The van der Waals surface area contributed by atoms with Gasteiger partial charge in [0.25, 0.3) is 5.91 Å². The van der Waals surface area contributed by atoms with Gasteiger partial charge in [0.15, 0.2) is 0 Å². The zero-order valence-electron chi connectivity index (χ0n) is 13.7. The number of hydrogen-bond acceptors (Lipinski definition) is 2. The molecule has 0 fully saturated rings. The summed E-state index contributed by atoms with van der Waals surface area (Å²) in [5.41, 5.74) is 5.27. The maximum atomic E-state index is 12.9. The Morgan fingerprint density at radius 2 is 2.09 bits per heavy atom. The molecule has 1 aliphatic rings. The van der Waals surface area contributed by atoms with Crippen LogP contribution in [0.25, 0.3) is 10.9 Å². The number of hydrogen-bond donors (Lipinski definition) is 1. The first kappa shape index (κ1) is 15.0. The van der Waals surface area contributed by atoms with Crippen molar-refractivity contribution < 1.29 is 4.79 Å². The monoisotopic (exact) mass is 296 g/mol. The van der Waals surface area contributed by atoms with Crippen molar-refractivity contribution in [3.63, 3.8) is 0 Å². The number of nitrogens with one attached hydrogen (secondary N) is 1. The van der Waals surface area contributed by atoms with E-state index in [2.05, 4.69) is 38.2 Å². The fourth-order valence-corrected chi connectivity index (χ4v) is 3.20. The first-order valence-corrected chi connectivity index (χ1v) is 8.33. The minimum atomic E-state index is 0.0606. The molecule has 1 aromatic heterocycles. The summed E-state index contributed by atoms with van der Waals surface area (Å²) >= 11 is 0. The van der Waals surface area contributed by atoms with Crippen LogP contribution in [0.1, 0.15) is 60.3 Å². The van der Waals surface area contributed by atoms with E-state index >= 15 is 0 Å². The van der Waals surface area contributed by atoms with Crippen LogP contribution in [0, 0.1) is 6.92 Å². The summed E-state index contributed by atoms with van der Waals surface area (Å²) in [5.74, 6) is 0.0606. The predicted molar refractivity (Wildman–Crippen MR) is 90.3 cm³/mol. The molecule has 116 valence electrons. The van der Waals surface area contributed by atoms with Crippen LogP contribution in [0.15, 0.2) is 18.2 Å². The summed E-state index contributed by atoms with van der Waals surface area (Å²) in [4.78, 5) is 17.7. The summed E-state index contributed by atoms with van der Waals surface area (Å²) in [5, 5.41) is 4.14. The molecule has 1 unspecified atom stereocenters. The molecule has 0 spiro atoms. The number of carbonyl (C=O) groups excluding carboxylic acids is 1. The lowest BCUT2D eigenvalue weighted by atomic mass is 9.89. The second-order valence-electron chi connectivity index (χ2n) is 6.42. The lowest BCUT2D eigenvalue weighted by Gasteiger charge is -2.21. The molecule has 0 aliphatic heterocycles. The SMILES string of the molecule is CCC(C)NC(=O)c1c2c(nc3ccc(C)cc13)CCCC2. The maximum Gasteiger partial charge on any atom is 0.252 e. The average Bonchev–Trinajstić information content (AvgIpc) is 2.52. The number of carbonyl (C=O) groups is 1. The highest BCUT2D eigenvalue weighted by Crippen LogP contribution is 2.30. The first-order valence-electron chi connectivity index (χ1n) is 8.33. The first-order chi connectivity index (χ1) is 10.6. The van der Waals surface area contributed by atoms with E-state index in [1.165, 1.54) is 17.5 Å². The number of fused-ring (bicyclic) bond motifs is 2. The Labute approximate surface area is 132 Å². The van der Waals surface area contributed by atoms with Crippen LogP contribution in [0.5, 0.6) is 0 Å². The van der Waals surface area contributed by atoms with E-state index in [-0.39, 0.29) is 11.9 Å². The molecule has 22 heavy (non-hydrogen) atoms. The summed E-state index contributed by atoms with van der Waals surface area (Å²) < 4.78 is 0. The van der Waals surface area contributed by atoms with Gasteiger partial charge in [0, 0.05) is 17.1 Å². The topological polar surface area (TPSA) is 42.0 Å². The van der Waals surface area contributed by atoms with Gasteiger partial charge in [0.2, 0.25) is 0 Å². The fourth-order valence-electron chi connectivity index (χ4n) is 3.20. The summed E-state index contributed by atoms with van der Waals surface area (Å²) in [6.07, 6.45) is 5.22. The minimum Gasteiger partial charge on any atom is -0.350 e. The molecule has 1 heterocycles. The molecular formula is C19H24N2O. The number of pyridine rings is 1. The van der Waals surface area contributed by atoms with Crippen LogP contribution in [-0.2, 0) is 12.8 Å². The van der Waals surface area contributed by atoms with Crippen molar-refractivity contribution in [1.29, 1.82) is 0 Å². The summed E-state index contributed by atoms with van der Waals surface area (Å²) in [6, 6.07) is 6.41. The number of aromatic nitrogens is 1. The standard InChI is InChI=1S/C19H24N2O/c1-4-13(3)20-19(22)18-14-7-5-6-8-16(14)21-17-10-9-12(2)11-15(17)18/h9-11,13H,4-8H2,1-3H3,(H,20,22). The highest BCUT2D eigenvalue weighted by molar-refractivity contribution is 6.08. The van der Waals surface area contributed by atoms with Crippen molar-refractivity contribution in [1.82, 2.24) is 10.3 Å². The molecule has 1 aliphatic carbocycles. The fraction of sp³-hybridized carbons (Fsp3) is 0.474. The number of benzene rings is 1. The lowest BCUT2D eigenvalue weighted by Crippen LogP contribution is -2.33. The van der Waals surface area contributed by atoms with E-state index in [4.69, 9.17) is 4.98 Å². The predicted octanol–water partition coefficient (Wildman–Crippen LogP) is 3.95. The van der Waals surface area contributed by atoms with Crippen molar-refractivity contribution in [2.75, 3.05) is 0 Å². The molecule has 1 N–H and O–H groups in total. The van der Waals surface area contributed by atoms with Crippen molar-refractivity contribution in [3.8, 4) is 0 Å². The molecule has 1 amide bonds. The van der Waals surface area contributed by atoms with Gasteiger partial charge in [-0.1, -0.05) is 18.6 Å². The summed E-state index contributed by atoms with van der Waals surface area (Å²) in [6.45, 7) is 6.21. The van der Waals surface area contributed by atoms with Crippen molar-refractivity contribution in [3.05, 3.63) is 40.6 Å². The molecule has 0 saturated heterocycles. The largest absolute Gasteiger partial charge is 0.350 e. The molecule has 3 heteroatoms. The molecule has 2 aromatic rings. The van der Waals surface area contributed by atoms with Gasteiger partial charge in [-0.05, 0) is 63.6 Å². The van der Waals surface area contributed by atoms with Crippen molar-refractivity contribution in [2.24, 2.45) is 0 Å². The van der Waals surface area contributed by atoms with E-state index in [1.54, 1.807) is 0 Å². The maximum absolute atomic E-state index is 12.9. The quantitative estimate of drug-likeness (QED) is 0.932.